The zero-order chi connectivity index (χ0) is 18.3. The maximum atomic E-state index is 13.1. The first-order valence-corrected chi connectivity index (χ1v) is 8.48. The molecule has 1 aromatic heterocycles. The summed E-state index contributed by atoms with van der Waals surface area (Å²) in [6.45, 7) is 2.09. The average Bonchev–Trinajstić information content (AvgIpc) is 3.01. The van der Waals surface area contributed by atoms with Gasteiger partial charge in [-0.1, -0.05) is 23.7 Å². The molecular weight excluding hydrogens is 356 g/mol. The van der Waals surface area contributed by atoms with Gasteiger partial charge in [-0.25, -0.2) is 19.1 Å². The van der Waals surface area contributed by atoms with E-state index in [9.17, 15) is 9.59 Å². The van der Waals surface area contributed by atoms with Crippen LogP contribution in [0.2, 0.25) is 5.02 Å². The highest BCUT2D eigenvalue weighted by molar-refractivity contribution is 6.30. The van der Waals surface area contributed by atoms with Crippen molar-refractivity contribution in [3.05, 3.63) is 59.4 Å². The van der Waals surface area contributed by atoms with Crippen LogP contribution < -0.4 is 5.01 Å². The van der Waals surface area contributed by atoms with Gasteiger partial charge in [0.25, 0.3) is 0 Å². The highest BCUT2D eigenvalue weighted by Crippen LogP contribution is 2.29. The Labute approximate surface area is 154 Å². The van der Waals surface area contributed by atoms with Gasteiger partial charge in [-0.2, -0.15) is 0 Å². The number of carbonyl (C=O) groups excluding carboxylic acids is 2. The van der Waals surface area contributed by atoms with Crippen LogP contribution >= 0.6 is 11.6 Å². The summed E-state index contributed by atoms with van der Waals surface area (Å²) in [4.78, 5) is 30.2. The second-order valence-corrected chi connectivity index (χ2v) is 6.12. The number of hydrogen-bond acceptors (Lipinski definition) is 5. The zero-order valence-corrected chi connectivity index (χ0v) is 14.7. The van der Waals surface area contributed by atoms with Crippen LogP contribution in [0, 0.1) is 0 Å². The molecule has 3 aromatic rings. The average molecular weight is 371 g/mol. The molecule has 0 bridgehead atoms. The lowest BCUT2D eigenvalue weighted by atomic mass is 10.3. The first-order valence-electron chi connectivity index (χ1n) is 8.10. The van der Waals surface area contributed by atoms with E-state index in [0.29, 0.717) is 27.6 Å². The topological polar surface area (TPSA) is 67.7 Å². The third kappa shape index (κ3) is 2.57. The second kappa shape index (κ2) is 6.34. The van der Waals surface area contributed by atoms with E-state index in [0.717, 1.165) is 5.01 Å². The predicted molar refractivity (Wildman–Crippen MR) is 97.0 cm³/mol. The van der Waals surface area contributed by atoms with Crippen LogP contribution in [0.1, 0.15) is 12.7 Å². The Kier molecular flexibility index (Phi) is 4.00. The summed E-state index contributed by atoms with van der Waals surface area (Å²) < 4.78 is 6.54. The molecule has 0 atom stereocenters. The van der Waals surface area contributed by atoms with E-state index >= 15 is 0 Å². The van der Waals surface area contributed by atoms with Crippen molar-refractivity contribution in [3.8, 4) is 0 Å². The Morgan fingerprint density at radius 3 is 2.65 bits per heavy atom. The number of para-hydroxylation sites is 2. The van der Waals surface area contributed by atoms with Crippen LogP contribution in [0.3, 0.4) is 0 Å². The molecule has 132 valence electrons. The molecule has 0 radical (unpaired) electrons. The molecule has 2 heterocycles. The Balaban J connectivity index is 1.86. The number of carbonyl (C=O) groups is 2. The fraction of sp³-hybridized carbons (Fsp3) is 0.167. The molecule has 0 unspecified atom stereocenters. The highest BCUT2D eigenvalue weighted by atomic mass is 35.5. The summed E-state index contributed by atoms with van der Waals surface area (Å²) >= 11 is 5.96. The monoisotopic (exact) mass is 370 g/mol. The minimum Gasteiger partial charge on any atom is -0.448 e. The Morgan fingerprint density at radius 2 is 1.92 bits per heavy atom. The minimum absolute atomic E-state index is 0.161. The number of imidazole rings is 1. The molecule has 0 spiro atoms. The number of anilines is 1. The fourth-order valence-electron chi connectivity index (χ4n) is 2.98. The lowest BCUT2D eigenvalue weighted by Crippen LogP contribution is -2.55. The van der Waals surface area contributed by atoms with Gasteiger partial charge in [-0.05, 0) is 43.3 Å². The Morgan fingerprint density at radius 1 is 1.19 bits per heavy atom. The number of amides is 2. The van der Waals surface area contributed by atoms with Crippen molar-refractivity contribution < 1.29 is 14.3 Å². The Hall–Kier alpha value is -3.06. The smallest absolute Gasteiger partial charge is 0.437 e. The number of imide groups is 1. The van der Waals surface area contributed by atoms with Crippen molar-refractivity contribution >= 4 is 40.4 Å². The first kappa shape index (κ1) is 16.4. The van der Waals surface area contributed by atoms with Gasteiger partial charge < -0.3 is 4.74 Å². The van der Waals surface area contributed by atoms with Crippen molar-refractivity contribution in [3.63, 3.8) is 0 Å². The third-order valence-electron chi connectivity index (χ3n) is 4.10. The summed E-state index contributed by atoms with van der Waals surface area (Å²) in [5.41, 5.74) is 1.98. The number of fused-ring (bicyclic) bond motifs is 3. The van der Waals surface area contributed by atoms with E-state index in [4.69, 9.17) is 16.3 Å². The van der Waals surface area contributed by atoms with E-state index in [2.05, 4.69) is 4.98 Å². The van der Waals surface area contributed by atoms with Gasteiger partial charge in [0, 0.05) is 5.02 Å². The molecule has 2 aromatic carbocycles. The number of ether oxygens (including phenoxy) is 1. The number of halogens is 1. The number of nitrogens with zero attached hydrogens (tertiary/aromatic N) is 4. The van der Waals surface area contributed by atoms with Gasteiger partial charge in [-0.3, -0.25) is 5.01 Å². The fourth-order valence-corrected chi connectivity index (χ4v) is 3.11. The number of rotatable bonds is 2. The maximum absolute atomic E-state index is 13.1. The van der Waals surface area contributed by atoms with Crippen LogP contribution in [0.5, 0.6) is 0 Å². The van der Waals surface area contributed by atoms with Crippen LogP contribution in [-0.2, 0) is 11.3 Å². The second-order valence-electron chi connectivity index (χ2n) is 5.68. The molecule has 0 fully saturated rings. The van der Waals surface area contributed by atoms with Crippen LogP contribution in [0.15, 0.2) is 48.5 Å². The largest absolute Gasteiger partial charge is 0.448 e. The molecule has 1 aliphatic rings. The maximum Gasteiger partial charge on any atom is 0.437 e. The van der Waals surface area contributed by atoms with Crippen molar-refractivity contribution in [1.29, 1.82) is 0 Å². The Bertz CT molecular complexity index is 999. The molecule has 2 amide bonds. The molecule has 0 N–H and O–H groups in total. The van der Waals surface area contributed by atoms with E-state index in [1.54, 1.807) is 37.3 Å². The number of aromatic nitrogens is 2. The molecule has 0 aliphatic carbocycles. The molecule has 7 nitrogen and oxygen atoms in total. The highest BCUT2D eigenvalue weighted by Gasteiger charge is 2.38. The van der Waals surface area contributed by atoms with Crippen LogP contribution in [0.4, 0.5) is 15.3 Å². The quantitative estimate of drug-likeness (QED) is 0.680. The molecule has 1 aliphatic heterocycles. The number of benzene rings is 2. The summed E-state index contributed by atoms with van der Waals surface area (Å²) in [5, 5.41) is 3.10. The standard InChI is InChI=1S/C18H15ClN4O3/c1-2-26-18(25)23-17(24)22-15-6-4-3-5-14(15)20-16(22)11-21(23)13-9-7-12(19)8-10-13/h3-10H,2,11H2,1H3. The first-order chi connectivity index (χ1) is 12.6. The molecule has 8 heteroatoms. The van der Waals surface area contributed by atoms with Gasteiger partial charge in [0.2, 0.25) is 0 Å². The van der Waals surface area contributed by atoms with Crippen LogP contribution in [-0.4, -0.2) is 33.3 Å². The van der Waals surface area contributed by atoms with E-state index in [1.165, 1.54) is 9.58 Å². The van der Waals surface area contributed by atoms with Gasteiger partial charge in [0.1, 0.15) is 5.82 Å². The van der Waals surface area contributed by atoms with E-state index < -0.39 is 12.1 Å². The molecule has 4 rings (SSSR count). The molecule has 26 heavy (non-hydrogen) atoms. The van der Waals surface area contributed by atoms with Gasteiger partial charge in [0.15, 0.2) is 0 Å². The molecule has 0 saturated carbocycles. The van der Waals surface area contributed by atoms with E-state index in [1.807, 2.05) is 18.2 Å². The van der Waals surface area contributed by atoms with Crippen LogP contribution in [0.25, 0.3) is 11.0 Å². The normalized spacial score (nSPS) is 13.8. The summed E-state index contributed by atoms with van der Waals surface area (Å²) in [6, 6.07) is 13.6. The summed E-state index contributed by atoms with van der Waals surface area (Å²) in [6.07, 6.45) is -0.740. The number of hydrogen-bond donors (Lipinski definition) is 0. The van der Waals surface area contributed by atoms with Crippen molar-refractivity contribution in [2.24, 2.45) is 0 Å². The van der Waals surface area contributed by atoms with Gasteiger partial charge >= 0.3 is 12.1 Å². The van der Waals surface area contributed by atoms with Gasteiger partial charge in [-0.15, -0.1) is 5.01 Å². The minimum atomic E-state index is -0.740. The molecular formula is C18H15ClN4O3. The van der Waals surface area contributed by atoms with Crippen molar-refractivity contribution in [2.45, 2.75) is 13.5 Å². The lowest BCUT2D eigenvalue weighted by Gasteiger charge is -2.37. The number of hydrazine groups is 1. The lowest BCUT2D eigenvalue weighted by molar-refractivity contribution is 0.107. The zero-order valence-electron chi connectivity index (χ0n) is 13.9. The van der Waals surface area contributed by atoms with E-state index in [-0.39, 0.29) is 13.2 Å². The summed E-state index contributed by atoms with van der Waals surface area (Å²) in [7, 11) is 0. The summed E-state index contributed by atoms with van der Waals surface area (Å²) in [5.74, 6) is 0.548. The SMILES string of the molecule is CCOC(=O)N1C(=O)n2c(nc3ccccc32)CN1c1ccc(Cl)cc1. The third-order valence-corrected chi connectivity index (χ3v) is 4.35. The van der Waals surface area contributed by atoms with Crippen molar-refractivity contribution in [1.82, 2.24) is 14.6 Å². The van der Waals surface area contributed by atoms with Gasteiger partial charge in [0.05, 0.1) is 29.9 Å². The predicted octanol–water partition coefficient (Wildman–Crippen LogP) is 4.05. The molecule has 0 saturated heterocycles. The van der Waals surface area contributed by atoms with Crippen molar-refractivity contribution in [2.75, 3.05) is 11.6 Å².